The van der Waals surface area contributed by atoms with Gasteiger partial charge in [0.1, 0.15) is 5.75 Å². The number of benzene rings is 2. The lowest BCUT2D eigenvalue weighted by atomic mass is 9.84. The van der Waals surface area contributed by atoms with Gasteiger partial charge < -0.3 is 20.8 Å². The van der Waals surface area contributed by atoms with Crippen molar-refractivity contribution in [1.29, 1.82) is 0 Å². The summed E-state index contributed by atoms with van der Waals surface area (Å²) >= 11 is 0. The van der Waals surface area contributed by atoms with Crippen molar-refractivity contribution in [3.8, 4) is 17.0 Å². The lowest BCUT2D eigenvalue weighted by Crippen LogP contribution is -2.46. The Morgan fingerprint density at radius 3 is 2.62 bits per heavy atom. The van der Waals surface area contributed by atoms with Gasteiger partial charge in [0.05, 0.1) is 22.9 Å². The number of phenols is 1. The molecule has 2 heterocycles. The number of halogens is 2. The number of piperidine rings is 1. The van der Waals surface area contributed by atoms with E-state index in [0.717, 1.165) is 0 Å². The highest BCUT2D eigenvalue weighted by atomic mass is 19.3. The second-order valence-corrected chi connectivity index (χ2v) is 7.90. The zero-order valence-electron chi connectivity index (χ0n) is 17.3. The molecular formula is C23H22F2N4O3. The fraction of sp³-hybridized carbons (Fsp3) is 0.261. The smallest absolute Gasteiger partial charge is 0.335 e. The van der Waals surface area contributed by atoms with E-state index in [9.17, 15) is 23.8 Å². The number of aromatic hydroxyl groups is 1. The van der Waals surface area contributed by atoms with Gasteiger partial charge in [-0.05, 0) is 48.4 Å². The molecule has 0 saturated carbocycles. The summed E-state index contributed by atoms with van der Waals surface area (Å²) in [4.78, 5) is 13.0. The number of hydrogen-bond donors (Lipinski definition) is 3. The summed E-state index contributed by atoms with van der Waals surface area (Å²) in [5.41, 5.74) is 8.27. The van der Waals surface area contributed by atoms with Crippen molar-refractivity contribution in [2.75, 3.05) is 23.7 Å². The number of rotatable bonds is 4. The SMILES string of the molecule is Cc1cc(C(=O)O)ccc1[C@@H]1CN(c2cc(-c3ccccc3O)nnc2N)CCC1(F)F. The third-order valence-electron chi connectivity index (χ3n) is 5.84. The number of nitrogens with zero attached hydrogens (tertiary/aromatic N) is 3. The molecule has 1 aliphatic rings. The Balaban J connectivity index is 1.70. The minimum absolute atomic E-state index is 0.0229. The van der Waals surface area contributed by atoms with E-state index in [1.54, 1.807) is 36.1 Å². The zero-order valence-corrected chi connectivity index (χ0v) is 17.3. The van der Waals surface area contributed by atoms with E-state index < -0.39 is 24.2 Å². The number of aromatic nitrogens is 2. The summed E-state index contributed by atoms with van der Waals surface area (Å²) in [5.74, 6) is -5.10. The maximum absolute atomic E-state index is 14.9. The van der Waals surface area contributed by atoms with E-state index in [1.807, 2.05) is 0 Å². The number of phenolic OH excluding ortho intramolecular Hbond substituents is 1. The second-order valence-electron chi connectivity index (χ2n) is 7.90. The molecule has 1 fully saturated rings. The van der Waals surface area contributed by atoms with Crippen molar-refractivity contribution in [3.63, 3.8) is 0 Å². The number of nitrogen functional groups attached to an aromatic ring is 1. The fourth-order valence-electron chi connectivity index (χ4n) is 4.11. The number of nitrogens with two attached hydrogens (primary N) is 1. The third-order valence-corrected chi connectivity index (χ3v) is 5.84. The zero-order chi connectivity index (χ0) is 23.0. The molecule has 2 aromatic carbocycles. The van der Waals surface area contributed by atoms with Crippen molar-refractivity contribution in [2.45, 2.75) is 25.2 Å². The fourth-order valence-corrected chi connectivity index (χ4v) is 4.11. The topological polar surface area (TPSA) is 113 Å². The highest BCUT2D eigenvalue weighted by Gasteiger charge is 2.46. The number of hydrogen-bond acceptors (Lipinski definition) is 6. The first kappa shape index (κ1) is 21.5. The number of aryl methyl sites for hydroxylation is 1. The minimum atomic E-state index is -2.97. The maximum atomic E-state index is 14.9. The summed E-state index contributed by atoms with van der Waals surface area (Å²) in [7, 11) is 0. The average Bonchev–Trinajstić information content (AvgIpc) is 2.75. The lowest BCUT2D eigenvalue weighted by molar-refractivity contribution is -0.0425. The van der Waals surface area contributed by atoms with Crippen molar-refractivity contribution in [2.24, 2.45) is 0 Å². The van der Waals surface area contributed by atoms with Gasteiger partial charge in [-0.1, -0.05) is 18.2 Å². The van der Waals surface area contributed by atoms with Crippen molar-refractivity contribution in [3.05, 3.63) is 65.2 Å². The highest BCUT2D eigenvalue weighted by molar-refractivity contribution is 5.88. The van der Waals surface area contributed by atoms with E-state index in [2.05, 4.69) is 10.2 Å². The Morgan fingerprint density at radius 2 is 1.94 bits per heavy atom. The largest absolute Gasteiger partial charge is 0.507 e. The van der Waals surface area contributed by atoms with Crippen LogP contribution in [-0.4, -0.2) is 45.4 Å². The maximum Gasteiger partial charge on any atom is 0.335 e. The molecule has 0 amide bonds. The van der Waals surface area contributed by atoms with Crippen LogP contribution < -0.4 is 10.6 Å². The van der Waals surface area contributed by atoms with Gasteiger partial charge in [-0.3, -0.25) is 0 Å². The monoisotopic (exact) mass is 440 g/mol. The molecule has 4 N–H and O–H groups in total. The van der Waals surface area contributed by atoms with Gasteiger partial charge in [0.2, 0.25) is 0 Å². The average molecular weight is 440 g/mol. The number of carbonyl (C=O) groups is 1. The van der Waals surface area contributed by atoms with E-state index >= 15 is 0 Å². The molecule has 7 nitrogen and oxygen atoms in total. The third kappa shape index (κ3) is 3.93. The van der Waals surface area contributed by atoms with Crippen LogP contribution in [-0.2, 0) is 0 Å². The molecule has 0 spiro atoms. The van der Waals surface area contributed by atoms with E-state index in [1.165, 1.54) is 24.3 Å². The summed E-state index contributed by atoms with van der Waals surface area (Å²) in [6, 6.07) is 12.5. The van der Waals surface area contributed by atoms with Crippen LogP contribution in [0.3, 0.4) is 0 Å². The van der Waals surface area contributed by atoms with Crippen LogP contribution in [0, 0.1) is 6.92 Å². The normalized spacial score (nSPS) is 17.8. The Kier molecular flexibility index (Phi) is 5.41. The summed E-state index contributed by atoms with van der Waals surface area (Å²) < 4.78 is 29.9. The molecule has 9 heteroatoms. The van der Waals surface area contributed by atoms with Gasteiger partial charge >= 0.3 is 5.97 Å². The molecule has 166 valence electrons. The van der Waals surface area contributed by atoms with Gasteiger partial charge in [-0.15, -0.1) is 10.2 Å². The Bertz CT molecular complexity index is 1190. The number of para-hydroxylation sites is 1. The first-order valence-electron chi connectivity index (χ1n) is 10.1. The van der Waals surface area contributed by atoms with Crippen molar-refractivity contribution >= 4 is 17.5 Å². The Labute approximate surface area is 183 Å². The molecule has 0 bridgehead atoms. The molecule has 0 radical (unpaired) electrons. The number of carboxylic acids is 1. The highest BCUT2D eigenvalue weighted by Crippen LogP contribution is 2.43. The lowest BCUT2D eigenvalue weighted by Gasteiger charge is -2.40. The molecule has 0 aliphatic carbocycles. The first-order chi connectivity index (χ1) is 15.2. The number of carboxylic acid groups (broad SMARTS) is 1. The second kappa shape index (κ2) is 8.07. The number of anilines is 2. The summed E-state index contributed by atoms with van der Waals surface area (Å²) in [6.45, 7) is 1.66. The van der Waals surface area contributed by atoms with Gasteiger partial charge in [0, 0.05) is 25.1 Å². The molecule has 32 heavy (non-hydrogen) atoms. The Hall–Kier alpha value is -3.75. The summed E-state index contributed by atoms with van der Waals surface area (Å²) in [5, 5.41) is 27.3. The van der Waals surface area contributed by atoms with Crippen LogP contribution in [0.1, 0.15) is 33.8 Å². The number of aromatic carboxylic acids is 1. The predicted molar refractivity (Wildman–Crippen MR) is 116 cm³/mol. The van der Waals surface area contributed by atoms with Crippen molar-refractivity contribution < 1.29 is 23.8 Å². The molecule has 1 aromatic heterocycles. The van der Waals surface area contributed by atoms with Crippen LogP contribution in [0.5, 0.6) is 5.75 Å². The summed E-state index contributed by atoms with van der Waals surface area (Å²) in [6.07, 6.45) is -0.397. The van der Waals surface area contributed by atoms with Crippen LogP contribution in [0.15, 0.2) is 48.5 Å². The van der Waals surface area contributed by atoms with Crippen molar-refractivity contribution in [1.82, 2.24) is 10.2 Å². The number of alkyl halides is 2. The van der Waals surface area contributed by atoms with Gasteiger partial charge in [-0.25, -0.2) is 13.6 Å². The van der Waals surface area contributed by atoms with Crippen LogP contribution in [0.25, 0.3) is 11.3 Å². The molecule has 0 unspecified atom stereocenters. The quantitative estimate of drug-likeness (QED) is 0.561. The van der Waals surface area contributed by atoms with Crippen LogP contribution >= 0.6 is 0 Å². The molecule has 3 aromatic rings. The molecule has 1 saturated heterocycles. The van der Waals surface area contributed by atoms with Gasteiger partial charge in [-0.2, -0.15) is 0 Å². The molecule has 1 atom stereocenters. The van der Waals surface area contributed by atoms with E-state index in [4.69, 9.17) is 5.73 Å². The van der Waals surface area contributed by atoms with E-state index in [0.29, 0.717) is 28.1 Å². The van der Waals surface area contributed by atoms with E-state index in [-0.39, 0.29) is 30.2 Å². The standard InChI is InChI=1S/C23H22F2N4O3/c1-13-10-14(22(31)32)6-7-15(13)17-12-29(9-8-23(17,24)25)19-11-18(27-28-21(19)26)16-4-2-3-5-20(16)30/h2-7,10-11,17,30H,8-9,12H2,1H3,(H2,26,28)(H,31,32)/t17-/m0/s1. The van der Waals surface area contributed by atoms with Gasteiger partial charge in [0.25, 0.3) is 5.92 Å². The molecule has 4 rings (SSSR count). The molecule has 1 aliphatic heterocycles. The van der Waals surface area contributed by atoms with Crippen LogP contribution in [0.4, 0.5) is 20.3 Å². The van der Waals surface area contributed by atoms with Crippen LogP contribution in [0.2, 0.25) is 0 Å². The molecular weight excluding hydrogens is 418 g/mol. The first-order valence-corrected chi connectivity index (χ1v) is 10.1. The predicted octanol–water partition coefficient (Wildman–Crippen LogP) is 4.07. The van der Waals surface area contributed by atoms with Gasteiger partial charge in [0.15, 0.2) is 5.82 Å². The Morgan fingerprint density at radius 1 is 1.19 bits per heavy atom. The minimum Gasteiger partial charge on any atom is -0.507 e.